The van der Waals surface area contributed by atoms with Gasteiger partial charge in [0.25, 0.3) is 0 Å². The molecule has 15 heavy (non-hydrogen) atoms. The molecule has 0 radical (unpaired) electrons. The third-order valence-corrected chi connectivity index (χ3v) is 5.00. The van der Waals surface area contributed by atoms with Gasteiger partial charge in [-0.3, -0.25) is 0 Å². The van der Waals surface area contributed by atoms with Crippen molar-refractivity contribution in [2.75, 3.05) is 17.6 Å². The molecule has 0 aromatic heterocycles. The third kappa shape index (κ3) is 1.49. The highest BCUT2D eigenvalue weighted by atomic mass is 32.2. The lowest BCUT2D eigenvalue weighted by molar-refractivity contribution is 0.187. The van der Waals surface area contributed by atoms with E-state index in [1.165, 1.54) is 29.9 Å². The molecule has 0 saturated heterocycles. The molecular weight excluding hydrogens is 206 g/mol. The van der Waals surface area contributed by atoms with Crippen molar-refractivity contribution in [1.82, 2.24) is 0 Å². The monoisotopic (exact) mass is 221 g/mol. The molecule has 2 aliphatic rings. The Morgan fingerprint density at radius 3 is 2.93 bits per heavy atom. The van der Waals surface area contributed by atoms with Crippen LogP contribution < -0.4 is 5.32 Å². The fraction of sp³-hybridized carbons (Fsp3) is 0.500. The van der Waals surface area contributed by atoms with Crippen LogP contribution in [0.15, 0.2) is 23.1 Å². The summed E-state index contributed by atoms with van der Waals surface area (Å²) in [4.78, 5) is 1.19. The van der Waals surface area contributed by atoms with Crippen LogP contribution in [0.3, 0.4) is 0 Å². The highest BCUT2D eigenvalue weighted by Crippen LogP contribution is 2.49. The molecule has 2 N–H and O–H groups in total. The van der Waals surface area contributed by atoms with Crippen LogP contribution in [0.4, 0.5) is 5.69 Å². The highest BCUT2D eigenvalue weighted by molar-refractivity contribution is 7.99. The summed E-state index contributed by atoms with van der Waals surface area (Å²) in [6.07, 6.45) is 4.04. The first-order chi connectivity index (χ1) is 7.29. The summed E-state index contributed by atoms with van der Waals surface area (Å²) in [6, 6.07) is 5.76. The molecule has 1 aromatic rings. The van der Waals surface area contributed by atoms with Crippen LogP contribution in [-0.4, -0.2) is 17.4 Å². The van der Waals surface area contributed by atoms with E-state index in [0.29, 0.717) is 11.2 Å². The van der Waals surface area contributed by atoms with Gasteiger partial charge in [0.1, 0.15) is 5.75 Å². The maximum atomic E-state index is 9.77. The van der Waals surface area contributed by atoms with E-state index >= 15 is 0 Å². The fourth-order valence-corrected chi connectivity index (χ4v) is 3.72. The van der Waals surface area contributed by atoms with Gasteiger partial charge >= 0.3 is 0 Å². The van der Waals surface area contributed by atoms with Gasteiger partial charge in [0.2, 0.25) is 0 Å². The van der Waals surface area contributed by atoms with Crippen LogP contribution in [-0.2, 0) is 0 Å². The Bertz CT molecular complexity index is 387. The van der Waals surface area contributed by atoms with Gasteiger partial charge in [-0.05, 0) is 30.4 Å². The average Bonchev–Trinajstić information content (AvgIpc) is 2.37. The van der Waals surface area contributed by atoms with Crippen LogP contribution in [0.1, 0.15) is 19.3 Å². The SMILES string of the molecule is Oc1cccc2c1NCC1(CCC1)CS2. The molecule has 1 aromatic carbocycles. The number of thioether (sulfide) groups is 1. The zero-order chi connectivity index (χ0) is 10.3. The van der Waals surface area contributed by atoms with Gasteiger partial charge in [-0.1, -0.05) is 12.5 Å². The van der Waals surface area contributed by atoms with Crippen molar-refractivity contribution in [3.8, 4) is 5.75 Å². The van der Waals surface area contributed by atoms with Crippen molar-refractivity contribution in [1.29, 1.82) is 0 Å². The Labute approximate surface area is 94.1 Å². The average molecular weight is 221 g/mol. The maximum Gasteiger partial charge on any atom is 0.139 e. The van der Waals surface area contributed by atoms with Gasteiger partial charge in [0.15, 0.2) is 0 Å². The van der Waals surface area contributed by atoms with Crippen LogP contribution in [0.5, 0.6) is 5.75 Å². The highest BCUT2D eigenvalue weighted by Gasteiger charge is 2.38. The number of hydrogen-bond donors (Lipinski definition) is 2. The fourth-order valence-electron chi connectivity index (χ4n) is 2.37. The van der Waals surface area contributed by atoms with E-state index < -0.39 is 0 Å². The van der Waals surface area contributed by atoms with E-state index in [0.717, 1.165) is 12.2 Å². The van der Waals surface area contributed by atoms with Crippen molar-refractivity contribution in [3.63, 3.8) is 0 Å². The lowest BCUT2D eigenvalue weighted by Crippen LogP contribution is -2.37. The molecule has 1 fully saturated rings. The van der Waals surface area contributed by atoms with E-state index in [1.54, 1.807) is 6.07 Å². The van der Waals surface area contributed by atoms with Gasteiger partial charge in [-0.15, -0.1) is 11.8 Å². The van der Waals surface area contributed by atoms with Gasteiger partial charge in [0, 0.05) is 17.2 Å². The Balaban J connectivity index is 1.91. The molecule has 80 valence electrons. The topological polar surface area (TPSA) is 32.3 Å². The molecular formula is C12H15NOS. The van der Waals surface area contributed by atoms with E-state index in [-0.39, 0.29) is 0 Å². The number of nitrogens with one attached hydrogen (secondary N) is 1. The summed E-state index contributed by atoms with van der Waals surface area (Å²) in [5.41, 5.74) is 1.43. The summed E-state index contributed by atoms with van der Waals surface area (Å²) in [5, 5.41) is 13.2. The number of hydrogen-bond acceptors (Lipinski definition) is 3. The quantitative estimate of drug-likeness (QED) is 0.660. The summed E-state index contributed by atoms with van der Waals surface area (Å²) in [6.45, 7) is 1.02. The number of phenols is 1. The molecule has 1 saturated carbocycles. The summed E-state index contributed by atoms with van der Waals surface area (Å²) in [5.74, 6) is 1.58. The smallest absolute Gasteiger partial charge is 0.139 e. The molecule has 0 bridgehead atoms. The van der Waals surface area contributed by atoms with Crippen molar-refractivity contribution in [2.45, 2.75) is 24.2 Å². The minimum atomic E-state index is 0.386. The Morgan fingerprint density at radius 2 is 2.20 bits per heavy atom. The van der Waals surface area contributed by atoms with Gasteiger partial charge in [0.05, 0.1) is 5.69 Å². The van der Waals surface area contributed by atoms with E-state index in [9.17, 15) is 5.11 Å². The van der Waals surface area contributed by atoms with Crippen molar-refractivity contribution >= 4 is 17.4 Å². The Morgan fingerprint density at radius 1 is 1.33 bits per heavy atom. The molecule has 1 aliphatic heterocycles. The molecule has 3 heteroatoms. The first kappa shape index (κ1) is 9.40. The number of para-hydroxylation sites is 1. The zero-order valence-corrected chi connectivity index (χ0v) is 9.44. The predicted molar refractivity (Wildman–Crippen MR) is 63.6 cm³/mol. The van der Waals surface area contributed by atoms with E-state index in [2.05, 4.69) is 11.4 Å². The second-order valence-electron chi connectivity index (χ2n) is 4.65. The zero-order valence-electron chi connectivity index (χ0n) is 8.62. The standard InChI is InChI=1S/C12H15NOS/c14-9-3-1-4-10-11(9)13-7-12(8-15-10)5-2-6-12/h1,3-4,13-14H,2,5-8H2. The van der Waals surface area contributed by atoms with Crippen LogP contribution in [0, 0.1) is 5.41 Å². The molecule has 3 rings (SSSR count). The minimum Gasteiger partial charge on any atom is -0.506 e. The molecule has 0 amide bonds. The lowest BCUT2D eigenvalue weighted by atomic mass is 9.70. The molecule has 0 atom stereocenters. The molecule has 1 aliphatic carbocycles. The van der Waals surface area contributed by atoms with Gasteiger partial charge < -0.3 is 10.4 Å². The van der Waals surface area contributed by atoms with Gasteiger partial charge in [-0.25, -0.2) is 0 Å². The third-order valence-electron chi connectivity index (χ3n) is 3.59. The Hall–Kier alpha value is -0.830. The van der Waals surface area contributed by atoms with Gasteiger partial charge in [-0.2, -0.15) is 0 Å². The first-order valence-corrected chi connectivity index (χ1v) is 6.46. The van der Waals surface area contributed by atoms with Crippen molar-refractivity contribution in [3.05, 3.63) is 18.2 Å². The predicted octanol–water partition coefficient (Wildman–Crippen LogP) is 3.08. The molecule has 2 nitrogen and oxygen atoms in total. The number of aromatic hydroxyl groups is 1. The number of phenolic OH excluding ortho intramolecular Hbond substituents is 1. The van der Waals surface area contributed by atoms with Crippen LogP contribution in [0.2, 0.25) is 0 Å². The van der Waals surface area contributed by atoms with Crippen LogP contribution >= 0.6 is 11.8 Å². The number of rotatable bonds is 0. The molecule has 0 unspecified atom stereocenters. The van der Waals surface area contributed by atoms with Crippen molar-refractivity contribution in [2.24, 2.45) is 5.41 Å². The second kappa shape index (κ2) is 3.34. The summed E-state index contributed by atoms with van der Waals surface area (Å²) >= 11 is 1.88. The largest absolute Gasteiger partial charge is 0.506 e. The lowest BCUT2D eigenvalue weighted by Gasteiger charge is -2.40. The normalized spacial score (nSPS) is 22.4. The summed E-state index contributed by atoms with van der Waals surface area (Å²) in [7, 11) is 0. The number of anilines is 1. The minimum absolute atomic E-state index is 0.386. The second-order valence-corrected chi connectivity index (χ2v) is 5.66. The van der Waals surface area contributed by atoms with Crippen molar-refractivity contribution < 1.29 is 5.11 Å². The molecule has 1 heterocycles. The summed E-state index contributed by atoms with van der Waals surface area (Å²) < 4.78 is 0. The van der Waals surface area contributed by atoms with E-state index in [4.69, 9.17) is 0 Å². The first-order valence-electron chi connectivity index (χ1n) is 5.48. The van der Waals surface area contributed by atoms with E-state index in [1.807, 2.05) is 17.8 Å². The maximum absolute atomic E-state index is 9.77. The Kier molecular flexibility index (Phi) is 2.09. The molecule has 1 spiro atoms. The number of benzene rings is 1. The van der Waals surface area contributed by atoms with Crippen LogP contribution in [0.25, 0.3) is 0 Å². The number of fused-ring (bicyclic) bond motifs is 1.